The number of aliphatic imine (C=N–C) groups is 1. The first-order chi connectivity index (χ1) is 14.9. The van der Waals surface area contributed by atoms with Gasteiger partial charge in [0.15, 0.2) is 0 Å². The number of benzene rings is 3. The highest BCUT2D eigenvalue weighted by Gasteiger charge is 2.27. The Balaban J connectivity index is 1.66. The molecule has 3 aromatic carbocycles. The predicted octanol–water partition coefficient (Wildman–Crippen LogP) is 5.06. The van der Waals surface area contributed by atoms with Gasteiger partial charge in [0.05, 0.1) is 17.1 Å². The molecular weight excluding hydrogens is 485 g/mol. The molecule has 1 heterocycles. The van der Waals surface area contributed by atoms with Gasteiger partial charge < -0.3 is 10.2 Å². The first-order valence-electron chi connectivity index (χ1n) is 9.37. The molecule has 8 heteroatoms. The topological polar surface area (TPSA) is 61.8 Å². The highest BCUT2D eigenvalue weighted by Crippen LogP contribution is 2.30. The molecule has 0 radical (unpaired) electrons. The number of carbonyl (C=O) groups excluding carboxylic acids is 2. The maximum Gasteiger partial charge on any atom is 0.249 e. The molecule has 0 aliphatic carbocycles. The summed E-state index contributed by atoms with van der Waals surface area (Å²) in [4.78, 5) is 31.4. The predicted molar refractivity (Wildman–Crippen MR) is 123 cm³/mol. The van der Waals surface area contributed by atoms with Gasteiger partial charge in [0.1, 0.15) is 18.9 Å². The van der Waals surface area contributed by atoms with Crippen molar-refractivity contribution in [2.24, 2.45) is 4.99 Å². The minimum Gasteiger partial charge on any atom is -0.322 e. The van der Waals surface area contributed by atoms with Gasteiger partial charge >= 0.3 is 0 Å². The Bertz CT molecular complexity index is 1200. The number of halogens is 3. The Labute approximate surface area is 191 Å². The Morgan fingerprint density at radius 1 is 1.13 bits per heavy atom. The fourth-order valence-electron chi connectivity index (χ4n) is 3.33. The Morgan fingerprint density at radius 2 is 1.90 bits per heavy atom. The average molecular weight is 501 g/mol. The number of nitrogens with zero attached hydrogens (tertiary/aromatic N) is 2. The second kappa shape index (κ2) is 8.99. The summed E-state index contributed by atoms with van der Waals surface area (Å²) in [6.07, 6.45) is 0. The largest absolute Gasteiger partial charge is 0.322 e. The molecule has 5 nitrogen and oxygen atoms in total. The number of carbonyl (C=O) groups is 2. The lowest BCUT2D eigenvalue weighted by molar-refractivity contribution is -0.120. The van der Waals surface area contributed by atoms with Gasteiger partial charge in [0.25, 0.3) is 0 Å². The highest BCUT2D eigenvalue weighted by atomic mass is 79.9. The first-order valence-corrected chi connectivity index (χ1v) is 10.5. The van der Waals surface area contributed by atoms with Gasteiger partial charge in [-0.15, -0.1) is 0 Å². The van der Waals surface area contributed by atoms with Gasteiger partial charge in [-0.3, -0.25) is 14.6 Å². The maximum atomic E-state index is 14.1. The first kappa shape index (κ1) is 21.2. The molecule has 0 bridgehead atoms. The van der Waals surface area contributed by atoms with Crippen molar-refractivity contribution in [2.75, 3.05) is 23.3 Å². The SMILES string of the molecule is O=C(CN1C(=O)CN=C(c2ccccc2)c2cc(Cl)ccc21)Nc1ccc(Br)cc1F. The number of benzodiazepines with no additional fused rings is 1. The van der Waals surface area contributed by atoms with E-state index in [2.05, 4.69) is 26.2 Å². The van der Waals surface area contributed by atoms with E-state index in [1.54, 1.807) is 24.3 Å². The molecule has 0 aromatic heterocycles. The standard InChI is InChI=1S/C23H16BrClFN3O2/c24-15-6-8-19(18(26)10-15)28-21(30)13-29-20-9-7-16(25)11-17(20)23(27-12-22(29)31)14-4-2-1-3-5-14/h1-11H,12-13H2,(H,28,30). The van der Waals surface area contributed by atoms with Crippen molar-refractivity contribution in [3.05, 3.63) is 93.2 Å². The molecule has 2 amide bonds. The minimum atomic E-state index is -0.577. The fraction of sp³-hybridized carbons (Fsp3) is 0.0870. The molecule has 0 spiro atoms. The van der Waals surface area contributed by atoms with Crippen LogP contribution in [0.2, 0.25) is 5.02 Å². The normalized spacial score (nSPS) is 13.3. The van der Waals surface area contributed by atoms with Crippen molar-refractivity contribution in [3.63, 3.8) is 0 Å². The van der Waals surface area contributed by atoms with Gasteiger partial charge in [0.2, 0.25) is 11.8 Å². The number of fused-ring (bicyclic) bond motifs is 1. The smallest absolute Gasteiger partial charge is 0.249 e. The Hall–Kier alpha value is -3.03. The van der Waals surface area contributed by atoms with Gasteiger partial charge in [0, 0.05) is 20.6 Å². The van der Waals surface area contributed by atoms with E-state index in [1.165, 1.54) is 17.0 Å². The van der Waals surface area contributed by atoms with Crippen molar-refractivity contribution < 1.29 is 14.0 Å². The van der Waals surface area contributed by atoms with Crippen LogP contribution in [0.4, 0.5) is 15.8 Å². The van der Waals surface area contributed by atoms with Crippen molar-refractivity contribution in [1.29, 1.82) is 0 Å². The van der Waals surface area contributed by atoms with E-state index in [1.807, 2.05) is 30.3 Å². The van der Waals surface area contributed by atoms with E-state index in [0.29, 0.717) is 26.5 Å². The van der Waals surface area contributed by atoms with Crippen molar-refractivity contribution >= 4 is 56.4 Å². The number of nitrogens with one attached hydrogen (secondary N) is 1. The zero-order chi connectivity index (χ0) is 22.0. The Kier molecular flexibility index (Phi) is 6.15. The van der Waals surface area contributed by atoms with Crippen LogP contribution in [0.25, 0.3) is 0 Å². The molecular formula is C23H16BrClFN3O2. The van der Waals surface area contributed by atoms with Crippen LogP contribution in [0.3, 0.4) is 0 Å². The summed E-state index contributed by atoms with van der Waals surface area (Å²) in [6.45, 7) is -0.420. The third-order valence-corrected chi connectivity index (χ3v) is 5.46. The van der Waals surface area contributed by atoms with Gasteiger partial charge in [-0.2, -0.15) is 0 Å². The number of amides is 2. The zero-order valence-corrected chi connectivity index (χ0v) is 18.5. The summed E-state index contributed by atoms with van der Waals surface area (Å²) >= 11 is 9.41. The van der Waals surface area contributed by atoms with E-state index in [-0.39, 0.29) is 24.7 Å². The summed E-state index contributed by atoms with van der Waals surface area (Å²) in [5, 5.41) is 3.00. The summed E-state index contributed by atoms with van der Waals surface area (Å²) in [5.74, 6) is -1.45. The van der Waals surface area contributed by atoms with Crippen LogP contribution >= 0.6 is 27.5 Å². The fourth-order valence-corrected chi connectivity index (χ4v) is 3.83. The second-order valence-electron chi connectivity index (χ2n) is 6.84. The molecule has 0 atom stereocenters. The van der Waals surface area contributed by atoms with Crippen molar-refractivity contribution in [3.8, 4) is 0 Å². The Morgan fingerprint density at radius 3 is 2.65 bits per heavy atom. The van der Waals surface area contributed by atoms with Gasteiger partial charge in [-0.05, 0) is 36.4 Å². The number of hydrogen-bond donors (Lipinski definition) is 1. The molecule has 4 rings (SSSR count). The molecule has 31 heavy (non-hydrogen) atoms. The quantitative estimate of drug-likeness (QED) is 0.544. The van der Waals surface area contributed by atoms with Crippen molar-refractivity contribution in [1.82, 2.24) is 0 Å². The van der Waals surface area contributed by atoms with Crippen LogP contribution in [-0.2, 0) is 9.59 Å². The third kappa shape index (κ3) is 4.68. The van der Waals surface area contributed by atoms with Crippen LogP contribution in [0.15, 0.2) is 76.2 Å². The summed E-state index contributed by atoms with van der Waals surface area (Å²) in [6, 6.07) is 18.8. The summed E-state index contributed by atoms with van der Waals surface area (Å²) in [5.41, 5.74) is 2.65. The van der Waals surface area contributed by atoms with Crippen LogP contribution in [0.5, 0.6) is 0 Å². The lowest BCUT2D eigenvalue weighted by atomic mass is 10.00. The average Bonchev–Trinajstić information content (AvgIpc) is 2.87. The minimum absolute atomic E-state index is 0.0352. The third-order valence-electron chi connectivity index (χ3n) is 4.73. The van der Waals surface area contributed by atoms with Crippen LogP contribution < -0.4 is 10.2 Å². The van der Waals surface area contributed by atoms with Crippen LogP contribution in [0, 0.1) is 5.82 Å². The molecule has 0 fully saturated rings. The van der Waals surface area contributed by atoms with E-state index in [0.717, 1.165) is 5.56 Å². The van der Waals surface area contributed by atoms with E-state index in [9.17, 15) is 14.0 Å². The van der Waals surface area contributed by atoms with E-state index in [4.69, 9.17) is 11.6 Å². The maximum absolute atomic E-state index is 14.1. The number of hydrogen-bond acceptors (Lipinski definition) is 3. The van der Waals surface area contributed by atoms with Crippen LogP contribution in [-0.4, -0.2) is 30.6 Å². The number of rotatable bonds is 4. The zero-order valence-electron chi connectivity index (χ0n) is 16.1. The van der Waals surface area contributed by atoms with E-state index >= 15 is 0 Å². The molecule has 3 aromatic rings. The molecule has 0 saturated heterocycles. The van der Waals surface area contributed by atoms with Gasteiger partial charge in [-0.1, -0.05) is 57.9 Å². The van der Waals surface area contributed by atoms with E-state index < -0.39 is 11.7 Å². The number of anilines is 2. The van der Waals surface area contributed by atoms with Crippen molar-refractivity contribution in [2.45, 2.75) is 0 Å². The lowest BCUT2D eigenvalue weighted by Gasteiger charge is -2.23. The van der Waals surface area contributed by atoms with Gasteiger partial charge in [-0.25, -0.2) is 4.39 Å². The molecule has 1 aliphatic heterocycles. The highest BCUT2D eigenvalue weighted by molar-refractivity contribution is 9.10. The van der Waals surface area contributed by atoms with Crippen LogP contribution in [0.1, 0.15) is 11.1 Å². The molecule has 1 aliphatic rings. The monoisotopic (exact) mass is 499 g/mol. The summed E-state index contributed by atoms with van der Waals surface area (Å²) < 4.78 is 14.7. The molecule has 156 valence electrons. The molecule has 0 saturated carbocycles. The molecule has 1 N–H and O–H groups in total. The second-order valence-corrected chi connectivity index (χ2v) is 8.20. The summed E-state index contributed by atoms with van der Waals surface area (Å²) in [7, 11) is 0. The lowest BCUT2D eigenvalue weighted by Crippen LogP contribution is -2.39. The molecule has 0 unspecified atom stereocenters.